The summed E-state index contributed by atoms with van der Waals surface area (Å²) in [6.07, 6.45) is 0. The molecule has 0 bridgehead atoms. The van der Waals surface area contributed by atoms with E-state index < -0.39 is 0 Å². The maximum absolute atomic E-state index is 10.2. The SMILES string of the molecule is Cc1cc(C)c(O)c(-c2nc3ccccc3s2)c1.Cc1cc(C)c(O)c(-c2nc3ccccc3s2)c1.[Zn]. The second kappa shape index (κ2) is 11.1. The summed E-state index contributed by atoms with van der Waals surface area (Å²) < 4.78 is 2.29. The largest absolute Gasteiger partial charge is 0.507 e. The zero-order valence-electron chi connectivity index (χ0n) is 21.2. The van der Waals surface area contributed by atoms with Crippen molar-refractivity contribution in [1.29, 1.82) is 0 Å². The van der Waals surface area contributed by atoms with Crippen molar-refractivity contribution in [3.63, 3.8) is 0 Å². The molecular weight excluding hydrogens is 550 g/mol. The Morgan fingerprint density at radius 3 is 1.32 bits per heavy atom. The van der Waals surface area contributed by atoms with Gasteiger partial charge in [-0.3, -0.25) is 0 Å². The van der Waals surface area contributed by atoms with E-state index >= 15 is 0 Å². The van der Waals surface area contributed by atoms with Crippen LogP contribution >= 0.6 is 22.7 Å². The second-order valence-electron chi connectivity index (χ2n) is 8.93. The van der Waals surface area contributed by atoms with Gasteiger partial charge in [0.15, 0.2) is 0 Å². The van der Waals surface area contributed by atoms with Gasteiger partial charge in [-0.1, -0.05) is 36.4 Å². The van der Waals surface area contributed by atoms with E-state index in [4.69, 9.17) is 0 Å². The Morgan fingerprint density at radius 2 is 0.946 bits per heavy atom. The smallest absolute Gasteiger partial charge is 0.128 e. The number of hydrogen-bond donors (Lipinski definition) is 2. The maximum atomic E-state index is 10.2. The van der Waals surface area contributed by atoms with Crippen molar-refractivity contribution in [2.75, 3.05) is 0 Å². The van der Waals surface area contributed by atoms with Gasteiger partial charge in [-0.2, -0.15) is 0 Å². The van der Waals surface area contributed by atoms with Crippen molar-refractivity contribution < 1.29 is 29.7 Å². The number of benzene rings is 4. The molecule has 6 rings (SSSR count). The molecule has 37 heavy (non-hydrogen) atoms. The van der Waals surface area contributed by atoms with Crippen molar-refractivity contribution in [2.45, 2.75) is 27.7 Å². The molecule has 4 nitrogen and oxygen atoms in total. The van der Waals surface area contributed by atoms with Crippen LogP contribution in [0.4, 0.5) is 0 Å². The molecule has 0 amide bonds. The molecule has 0 spiro atoms. The number of fused-ring (bicyclic) bond motifs is 2. The molecule has 0 aliphatic rings. The molecule has 182 valence electrons. The standard InChI is InChI=1S/2C15H13NOS.Zn/c2*1-9-7-10(2)14(17)11(8-9)15-16-12-5-3-4-6-13(12)18-15;/h2*3-8,17H,1-2H3;. The fourth-order valence-electron chi connectivity index (χ4n) is 4.22. The number of phenolic OH excluding ortho intramolecular Hbond substituents is 2. The zero-order valence-corrected chi connectivity index (χ0v) is 25.8. The maximum Gasteiger partial charge on any atom is 0.128 e. The van der Waals surface area contributed by atoms with E-state index in [2.05, 4.69) is 22.1 Å². The minimum Gasteiger partial charge on any atom is -0.507 e. The molecule has 2 heterocycles. The van der Waals surface area contributed by atoms with E-state index in [9.17, 15) is 10.2 Å². The quantitative estimate of drug-likeness (QED) is 0.203. The molecule has 0 fully saturated rings. The van der Waals surface area contributed by atoms with Gasteiger partial charge in [0.1, 0.15) is 21.5 Å². The summed E-state index contributed by atoms with van der Waals surface area (Å²) in [6, 6.07) is 24.0. The third-order valence-electron chi connectivity index (χ3n) is 5.94. The Morgan fingerprint density at radius 1 is 0.568 bits per heavy atom. The minimum atomic E-state index is 0. The van der Waals surface area contributed by atoms with Crippen molar-refractivity contribution in [3.05, 3.63) is 95.1 Å². The first-order valence-corrected chi connectivity index (χ1v) is 13.3. The molecule has 0 unspecified atom stereocenters. The van der Waals surface area contributed by atoms with Crippen LogP contribution < -0.4 is 0 Å². The summed E-state index contributed by atoms with van der Waals surface area (Å²) in [4.78, 5) is 9.17. The van der Waals surface area contributed by atoms with Gasteiger partial charge in [0.05, 0.1) is 31.6 Å². The number of aryl methyl sites for hydroxylation is 4. The molecular formula is C30H26N2O2S2Zn. The van der Waals surface area contributed by atoms with Crippen LogP contribution in [-0.4, -0.2) is 20.2 Å². The Balaban J connectivity index is 0.000000168. The predicted octanol–water partition coefficient (Wildman–Crippen LogP) is 8.57. The van der Waals surface area contributed by atoms with E-state index in [1.54, 1.807) is 22.7 Å². The third-order valence-corrected chi connectivity index (χ3v) is 8.08. The van der Waals surface area contributed by atoms with E-state index in [0.717, 1.165) is 63.8 Å². The first-order valence-electron chi connectivity index (χ1n) is 11.6. The molecule has 0 radical (unpaired) electrons. The molecule has 2 N–H and O–H groups in total. The molecule has 0 atom stereocenters. The number of phenols is 2. The average Bonchev–Trinajstić information content (AvgIpc) is 3.48. The molecule has 6 aromatic rings. The topological polar surface area (TPSA) is 66.2 Å². The van der Waals surface area contributed by atoms with Crippen molar-refractivity contribution >= 4 is 43.1 Å². The molecule has 2 aromatic heterocycles. The number of aromatic hydroxyl groups is 2. The van der Waals surface area contributed by atoms with Gasteiger partial charge < -0.3 is 10.2 Å². The van der Waals surface area contributed by atoms with Gasteiger partial charge in [-0.15, -0.1) is 22.7 Å². The van der Waals surface area contributed by atoms with Crippen molar-refractivity contribution in [2.24, 2.45) is 0 Å². The fourth-order valence-corrected chi connectivity index (χ4v) is 6.19. The molecule has 0 saturated carbocycles. The van der Waals surface area contributed by atoms with Gasteiger partial charge in [-0.25, -0.2) is 9.97 Å². The van der Waals surface area contributed by atoms with Crippen LogP contribution in [0.5, 0.6) is 11.5 Å². The summed E-state index contributed by atoms with van der Waals surface area (Å²) in [5.41, 5.74) is 7.68. The molecule has 7 heteroatoms. The number of rotatable bonds is 2. The molecule has 0 aliphatic carbocycles. The number of para-hydroxylation sites is 2. The van der Waals surface area contributed by atoms with Crippen LogP contribution in [0.15, 0.2) is 72.8 Å². The monoisotopic (exact) mass is 574 g/mol. The van der Waals surface area contributed by atoms with E-state index in [1.165, 1.54) is 0 Å². The van der Waals surface area contributed by atoms with Crippen LogP contribution in [0.1, 0.15) is 22.3 Å². The zero-order chi connectivity index (χ0) is 25.4. The van der Waals surface area contributed by atoms with E-state index in [0.29, 0.717) is 11.5 Å². The minimum absolute atomic E-state index is 0. The normalized spacial score (nSPS) is 10.7. The fraction of sp³-hybridized carbons (Fsp3) is 0.133. The van der Waals surface area contributed by atoms with Gasteiger partial charge in [-0.05, 0) is 86.3 Å². The average molecular weight is 576 g/mol. The van der Waals surface area contributed by atoms with Crippen LogP contribution in [0, 0.1) is 27.7 Å². The van der Waals surface area contributed by atoms with Crippen LogP contribution in [0.2, 0.25) is 0 Å². The van der Waals surface area contributed by atoms with Gasteiger partial charge in [0.2, 0.25) is 0 Å². The summed E-state index contributed by atoms with van der Waals surface area (Å²) in [6.45, 7) is 7.89. The molecule has 0 aliphatic heterocycles. The Hall–Kier alpha value is -3.12. The van der Waals surface area contributed by atoms with Gasteiger partial charge >= 0.3 is 0 Å². The third kappa shape index (κ3) is 5.59. The van der Waals surface area contributed by atoms with Crippen LogP contribution in [0.25, 0.3) is 41.6 Å². The number of thiazole rings is 2. The number of hydrogen-bond acceptors (Lipinski definition) is 6. The summed E-state index contributed by atoms with van der Waals surface area (Å²) in [5.74, 6) is 0.666. The van der Waals surface area contributed by atoms with Crippen molar-refractivity contribution in [3.8, 4) is 32.6 Å². The van der Waals surface area contributed by atoms with Crippen LogP contribution in [0.3, 0.4) is 0 Å². The number of aromatic nitrogens is 2. The first-order chi connectivity index (χ1) is 17.3. The molecule has 4 aromatic carbocycles. The Bertz CT molecular complexity index is 1530. The summed E-state index contributed by atoms with van der Waals surface area (Å²) in [7, 11) is 0. The van der Waals surface area contributed by atoms with Gasteiger partial charge in [0.25, 0.3) is 0 Å². The Labute approximate surface area is 237 Å². The van der Waals surface area contributed by atoms with Crippen molar-refractivity contribution in [1.82, 2.24) is 9.97 Å². The second-order valence-corrected chi connectivity index (χ2v) is 11.0. The summed E-state index contributed by atoms with van der Waals surface area (Å²) in [5, 5.41) is 22.1. The van der Waals surface area contributed by atoms with Crippen LogP contribution in [-0.2, 0) is 19.5 Å². The van der Waals surface area contributed by atoms with E-state index in [-0.39, 0.29) is 19.5 Å². The first kappa shape index (κ1) is 26.9. The number of nitrogens with zero attached hydrogens (tertiary/aromatic N) is 2. The van der Waals surface area contributed by atoms with E-state index in [1.807, 2.05) is 88.4 Å². The molecule has 0 saturated heterocycles. The summed E-state index contributed by atoms with van der Waals surface area (Å²) >= 11 is 3.22. The Kier molecular flexibility index (Phi) is 8.08. The predicted molar refractivity (Wildman–Crippen MR) is 152 cm³/mol. The van der Waals surface area contributed by atoms with Gasteiger partial charge in [0, 0.05) is 19.5 Å².